The molecule has 152 valence electrons. The van der Waals surface area contributed by atoms with E-state index in [-0.39, 0.29) is 23.4 Å². The Morgan fingerprint density at radius 1 is 1.17 bits per heavy atom. The van der Waals surface area contributed by atoms with Crippen LogP contribution in [-0.2, 0) is 12.7 Å². The molecule has 0 saturated carbocycles. The lowest BCUT2D eigenvalue weighted by Crippen LogP contribution is -2.18. The third-order valence-corrected chi connectivity index (χ3v) is 4.90. The quantitative estimate of drug-likeness (QED) is 0.527. The van der Waals surface area contributed by atoms with Crippen molar-refractivity contribution in [2.24, 2.45) is 0 Å². The van der Waals surface area contributed by atoms with Crippen LogP contribution in [0.2, 0.25) is 5.02 Å². The van der Waals surface area contributed by atoms with Crippen molar-refractivity contribution >= 4 is 17.4 Å². The van der Waals surface area contributed by atoms with E-state index in [4.69, 9.17) is 16.9 Å². The summed E-state index contributed by atoms with van der Waals surface area (Å²) in [7, 11) is 0. The molecular formula is C22H14ClF3N2O2. The number of alkyl halides is 3. The fourth-order valence-electron chi connectivity index (χ4n) is 3.09. The zero-order chi connectivity index (χ0) is 22.1. The van der Waals surface area contributed by atoms with Crippen LogP contribution in [0.3, 0.4) is 0 Å². The van der Waals surface area contributed by atoms with Gasteiger partial charge in [0.2, 0.25) is 0 Å². The molecule has 0 atom stereocenters. The Kier molecular flexibility index (Phi) is 5.81. The second-order valence-electron chi connectivity index (χ2n) is 6.60. The normalized spacial score (nSPS) is 11.2. The molecule has 0 aliphatic carbocycles. The summed E-state index contributed by atoms with van der Waals surface area (Å²) in [4.78, 5) is 24.3. The molecule has 3 rings (SSSR count). The number of nitrogens with zero attached hydrogens (tertiary/aromatic N) is 2. The van der Waals surface area contributed by atoms with Gasteiger partial charge < -0.3 is 4.57 Å². The van der Waals surface area contributed by atoms with Gasteiger partial charge in [-0.2, -0.15) is 18.4 Å². The highest BCUT2D eigenvalue weighted by Gasteiger charge is 2.34. The number of hydrogen-bond donors (Lipinski definition) is 0. The van der Waals surface area contributed by atoms with Crippen LogP contribution < -0.4 is 5.43 Å². The highest BCUT2D eigenvalue weighted by Crippen LogP contribution is 2.39. The van der Waals surface area contributed by atoms with Gasteiger partial charge in [-0.25, -0.2) is 0 Å². The molecule has 0 saturated heterocycles. The molecule has 8 heteroatoms. The first-order valence-electron chi connectivity index (χ1n) is 8.72. The Morgan fingerprint density at radius 2 is 1.87 bits per heavy atom. The number of ketones is 1. The highest BCUT2D eigenvalue weighted by molar-refractivity contribution is 6.34. The summed E-state index contributed by atoms with van der Waals surface area (Å²) in [6.07, 6.45) is -3.37. The van der Waals surface area contributed by atoms with Crippen molar-refractivity contribution in [2.45, 2.75) is 19.6 Å². The van der Waals surface area contributed by atoms with E-state index in [9.17, 15) is 22.8 Å². The van der Waals surface area contributed by atoms with Gasteiger partial charge in [0.15, 0.2) is 11.2 Å². The minimum absolute atomic E-state index is 0.00938. The van der Waals surface area contributed by atoms with Crippen LogP contribution in [0.4, 0.5) is 13.2 Å². The fourth-order valence-corrected chi connectivity index (χ4v) is 3.42. The molecule has 4 nitrogen and oxygen atoms in total. The van der Waals surface area contributed by atoms with Crippen molar-refractivity contribution in [2.75, 3.05) is 0 Å². The molecule has 0 aliphatic rings. The number of hydrogen-bond acceptors (Lipinski definition) is 3. The number of nitriles is 1. The topological polar surface area (TPSA) is 62.9 Å². The van der Waals surface area contributed by atoms with Gasteiger partial charge in [0, 0.05) is 24.4 Å². The predicted octanol–water partition coefficient (Wildman–Crippen LogP) is 5.31. The molecule has 1 aromatic heterocycles. The van der Waals surface area contributed by atoms with Crippen LogP contribution in [-0.4, -0.2) is 10.4 Å². The maximum absolute atomic E-state index is 13.3. The van der Waals surface area contributed by atoms with Crippen molar-refractivity contribution in [3.63, 3.8) is 0 Å². The van der Waals surface area contributed by atoms with E-state index < -0.39 is 28.0 Å². The number of Topliss-reactive ketones (excluding diaryl/α,β-unsaturated/α-hetero) is 1. The van der Waals surface area contributed by atoms with E-state index in [0.717, 1.165) is 12.1 Å². The first kappa shape index (κ1) is 21.3. The first-order valence-corrected chi connectivity index (χ1v) is 9.10. The van der Waals surface area contributed by atoms with Gasteiger partial charge in [-0.3, -0.25) is 9.59 Å². The van der Waals surface area contributed by atoms with E-state index in [1.165, 1.54) is 29.8 Å². The van der Waals surface area contributed by atoms with Gasteiger partial charge >= 0.3 is 6.18 Å². The number of rotatable bonds is 4. The van der Waals surface area contributed by atoms with Gasteiger partial charge in [0.05, 0.1) is 33.5 Å². The van der Waals surface area contributed by atoms with E-state index in [2.05, 4.69) is 0 Å². The Bertz CT molecular complexity index is 1240. The van der Waals surface area contributed by atoms with Crippen LogP contribution in [0.25, 0.3) is 11.3 Å². The van der Waals surface area contributed by atoms with Crippen molar-refractivity contribution in [1.29, 1.82) is 5.26 Å². The van der Waals surface area contributed by atoms with Crippen molar-refractivity contribution in [3.05, 3.63) is 92.2 Å². The third-order valence-electron chi connectivity index (χ3n) is 4.50. The second-order valence-corrected chi connectivity index (χ2v) is 6.98. The third kappa shape index (κ3) is 4.29. The van der Waals surface area contributed by atoms with Gasteiger partial charge in [0.1, 0.15) is 0 Å². The highest BCUT2D eigenvalue weighted by atomic mass is 35.5. The van der Waals surface area contributed by atoms with Gasteiger partial charge in [-0.15, -0.1) is 0 Å². The van der Waals surface area contributed by atoms with Crippen molar-refractivity contribution < 1.29 is 18.0 Å². The van der Waals surface area contributed by atoms with Crippen LogP contribution in [0.15, 0.2) is 59.5 Å². The van der Waals surface area contributed by atoms with Gasteiger partial charge in [-0.05, 0) is 30.7 Å². The number of halogens is 4. The van der Waals surface area contributed by atoms with E-state index in [1.54, 1.807) is 24.3 Å². The summed E-state index contributed by atoms with van der Waals surface area (Å²) in [6.45, 7) is 1.34. The van der Waals surface area contributed by atoms with E-state index in [0.29, 0.717) is 11.1 Å². The zero-order valence-electron chi connectivity index (χ0n) is 15.6. The fraction of sp³-hybridized carbons (Fsp3) is 0.136. The maximum Gasteiger partial charge on any atom is 0.417 e. The molecule has 0 N–H and O–H groups in total. The number of pyridine rings is 1. The summed E-state index contributed by atoms with van der Waals surface area (Å²) >= 11 is 6.06. The Morgan fingerprint density at radius 3 is 2.50 bits per heavy atom. The van der Waals surface area contributed by atoms with E-state index in [1.807, 2.05) is 6.07 Å². The average Bonchev–Trinajstić information content (AvgIpc) is 2.68. The summed E-state index contributed by atoms with van der Waals surface area (Å²) in [6, 6.07) is 13.2. The lowest BCUT2D eigenvalue weighted by molar-refractivity contribution is -0.137. The Labute approximate surface area is 174 Å². The minimum atomic E-state index is -4.67. The van der Waals surface area contributed by atoms with Crippen molar-refractivity contribution in [1.82, 2.24) is 4.57 Å². The monoisotopic (exact) mass is 430 g/mol. The van der Waals surface area contributed by atoms with Crippen molar-refractivity contribution in [3.8, 4) is 17.3 Å². The molecule has 0 fully saturated rings. The SMILES string of the molecule is CC(=O)c1cn(Cc2cccc(C#N)c2)c(-c2cccc(C(F)(F)F)c2Cl)cc1=O. The first-order chi connectivity index (χ1) is 14.1. The number of benzene rings is 2. The summed E-state index contributed by atoms with van der Waals surface area (Å²) in [5, 5.41) is 8.55. The second kappa shape index (κ2) is 8.17. The van der Waals surface area contributed by atoms with Gasteiger partial charge in [0.25, 0.3) is 0 Å². The molecule has 30 heavy (non-hydrogen) atoms. The smallest absolute Gasteiger partial charge is 0.342 e. The molecule has 2 aromatic carbocycles. The molecule has 0 spiro atoms. The minimum Gasteiger partial charge on any atom is -0.342 e. The molecule has 3 aromatic rings. The Hall–Kier alpha value is -3.37. The van der Waals surface area contributed by atoms with Crippen LogP contribution in [0, 0.1) is 11.3 Å². The maximum atomic E-state index is 13.3. The average molecular weight is 431 g/mol. The molecule has 0 amide bonds. The standard InChI is InChI=1S/C22H14ClF3N2O2/c1-13(29)17-12-28(11-15-5-2-4-14(8-15)10-27)19(9-20(17)30)16-6-3-7-18(21(16)23)22(24,25)26/h2-9,12H,11H2,1H3. The molecule has 0 unspecified atom stereocenters. The predicted molar refractivity (Wildman–Crippen MR) is 106 cm³/mol. The molecular weight excluding hydrogens is 417 g/mol. The lowest BCUT2D eigenvalue weighted by atomic mass is 10.0. The summed E-state index contributed by atoms with van der Waals surface area (Å²) in [5.41, 5.74) is -0.539. The number of aromatic nitrogens is 1. The largest absolute Gasteiger partial charge is 0.417 e. The van der Waals surface area contributed by atoms with Crippen LogP contribution >= 0.6 is 11.6 Å². The molecule has 0 radical (unpaired) electrons. The summed E-state index contributed by atoms with van der Waals surface area (Å²) < 4.78 is 41.4. The van der Waals surface area contributed by atoms with Gasteiger partial charge in [-0.1, -0.05) is 35.9 Å². The van der Waals surface area contributed by atoms with Crippen LogP contribution in [0.1, 0.15) is 34.0 Å². The summed E-state index contributed by atoms with van der Waals surface area (Å²) in [5.74, 6) is -0.471. The Balaban J connectivity index is 2.25. The van der Waals surface area contributed by atoms with Crippen LogP contribution in [0.5, 0.6) is 0 Å². The number of carbonyl (C=O) groups excluding carboxylic acids is 1. The molecule has 0 aliphatic heterocycles. The zero-order valence-corrected chi connectivity index (χ0v) is 16.4. The number of carbonyl (C=O) groups is 1. The molecule has 0 bridgehead atoms. The van der Waals surface area contributed by atoms with E-state index >= 15 is 0 Å². The lowest BCUT2D eigenvalue weighted by Gasteiger charge is -2.18. The molecule has 1 heterocycles.